The van der Waals surface area contributed by atoms with Crippen molar-refractivity contribution in [2.75, 3.05) is 5.75 Å². The summed E-state index contributed by atoms with van der Waals surface area (Å²) < 4.78 is 0. The lowest BCUT2D eigenvalue weighted by Gasteiger charge is -2.21. The molecule has 0 fully saturated rings. The minimum absolute atomic E-state index is 0.164. The van der Waals surface area contributed by atoms with E-state index in [1.165, 1.54) is 11.1 Å². The minimum atomic E-state index is 0.164. The largest absolute Gasteiger partial charge is 0.323 e. The van der Waals surface area contributed by atoms with E-state index in [4.69, 9.17) is 17.3 Å². The summed E-state index contributed by atoms with van der Waals surface area (Å²) in [4.78, 5) is 0. The molecule has 1 aliphatic rings. The van der Waals surface area contributed by atoms with Crippen LogP contribution in [0.25, 0.3) is 0 Å². The summed E-state index contributed by atoms with van der Waals surface area (Å²) in [6.45, 7) is 0. The zero-order chi connectivity index (χ0) is 8.55. The Morgan fingerprint density at radius 2 is 2.33 bits per heavy atom. The molecule has 0 aromatic heterocycles. The van der Waals surface area contributed by atoms with E-state index < -0.39 is 0 Å². The number of nitrogens with two attached hydrogens (primary N) is 1. The highest BCUT2D eigenvalue weighted by atomic mass is 35.5. The molecule has 1 aliphatic heterocycles. The maximum absolute atomic E-state index is 5.94. The highest BCUT2D eigenvalue weighted by molar-refractivity contribution is 7.98. The van der Waals surface area contributed by atoms with Crippen molar-refractivity contribution in [2.45, 2.75) is 11.8 Å². The molecular formula is C9H10ClNS. The lowest BCUT2D eigenvalue weighted by Crippen LogP contribution is -2.18. The summed E-state index contributed by atoms with van der Waals surface area (Å²) >= 11 is 7.76. The summed E-state index contributed by atoms with van der Waals surface area (Å²) in [6, 6.07) is 6.15. The van der Waals surface area contributed by atoms with Gasteiger partial charge in [0.1, 0.15) is 0 Å². The van der Waals surface area contributed by atoms with E-state index in [-0.39, 0.29) is 6.04 Å². The Balaban J connectivity index is 2.47. The van der Waals surface area contributed by atoms with Crippen LogP contribution in [0.1, 0.15) is 17.2 Å². The van der Waals surface area contributed by atoms with Gasteiger partial charge in [-0.1, -0.05) is 17.7 Å². The van der Waals surface area contributed by atoms with E-state index in [0.717, 1.165) is 16.5 Å². The molecule has 0 saturated carbocycles. The van der Waals surface area contributed by atoms with Crippen LogP contribution in [0.3, 0.4) is 0 Å². The first-order valence-electron chi connectivity index (χ1n) is 3.89. The predicted octanol–water partition coefficient (Wildman–Crippen LogP) is 2.59. The maximum atomic E-state index is 5.94. The number of hydrogen-bond acceptors (Lipinski definition) is 2. The van der Waals surface area contributed by atoms with Crippen LogP contribution < -0.4 is 5.73 Å². The molecule has 64 valence electrons. The predicted molar refractivity (Wildman–Crippen MR) is 54.5 cm³/mol. The van der Waals surface area contributed by atoms with Crippen molar-refractivity contribution in [3.63, 3.8) is 0 Å². The Kier molecular flexibility index (Phi) is 2.31. The summed E-state index contributed by atoms with van der Waals surface area (Å²) in [5, 5.41) is 0.788. The number of benzene rings is 1. The van der Waals surface area contributed by atoms with Crippen molar-refractivity contribution in [1.82, 2.24) is 0 Å². The van der Waals surface area contributed by atoms with Gasteiger partial charge in [-0.3, -0.25) is 0 Å². The van der Waals surface area contributed by atoms with E-state index in [1.54, 1.807) is 0 Å². The third-order valence-electron chi connectivity index (χ3n) is 2.06. The van der Waals surface area contributed by atoms with Gasteiger partial charge in [-0.15, -0.1) is 0 Å². The molecule has 1 atom stereocenters. The molecule has 0 radical (unpaired) electrons. The second-order valence-electron chi connectivity index (χ2n) is 2.96. The lowest BCUT2D eigenvalue weighted by atomic mass is 10.0. The van der Waals surface area contributed by atoms with Gasteiger partial charge in [0.15, 0.2) is 0 Å². The molecular weight excluding hydrogens is 190 g/mol. The Morgan fingerprint density at radius 3 is 3.17 bits per heavy atom. The monoisotopic (exact) mass is 199 g/mol. The summed E-state index contributed by atoms with van der Waals surface area (Å²) in [7, 11) is 0. The fourth-order valence-corrected chi connectivity index (χ4v) is 2.64. The molecule has 1 heterocycles. The molecule has 1 nitrogen and oxygen atoms in total. The van der Waals surface area contributed by atoms with Crippen molar-refractivity contribution in [3.05, 3.63) is 34.3 Å². The molecule has 2 rings (SSSR count). The normalized spacial score (nSPS) is 22.0. The van der Waals surface area contributed by atoms with Crippen LogP contribution in [-0.4, -0.2) is 5.75 Å². The molecule has 0 spiro atoms. The van der Waals surface area contributed by atoms with Gasteiger partial charge in [0.2, 0.25) is 0 Å². The zero-order valence-electron chi connectivity index (χ0n) is 6.59. The van der Waals surface area contributed by atoms with Crippen LogP contribution >= 0.6 is 23.4 Å². The van der Waals surface area contributed by atoms with Gasteiger partial charge in [-0.2, -0.15) is 11.8 Å². The smallest absolute Gasteiger partial charge is 0.0409 e. The molecule has 0 unspecified atom stereocenters. The molecule has 0 bridgehead atoms. The standard InChI is InChI=1S/C9H10ClNS/c10-7-2-1-6-4-12-5-9(11)8(6)3-7/h1-3,9H,4-5,11H2/t9-/m0/s1. The number of hydrogen-bond donors (Lipinski definition) is 1. The maximum Gasteiger partial charge on any atom is 0.0409 e. The Bertz CT molecular complexity index is 301. The second-order valence-corrected chi connectivity index (χ2v) is 4.43. The average Bonchev–Trinajstić information content (AvgIpc) is 2.07. The molecule has 1 aromatic rings. The molecule has 0 aliphatic carbocycles. The van der Waals surface area contributed by atoms with Crippen molar-refractivity contribution >= 4 is 23.4 Å². The molecule has 0 amide bonds. The van der Waals surface area contributed by atoms with E-state index >= 15 is 0 Å². The van der Waals surface area contributed by atoms with Crippen molar-refractivity contribution in [1.29, 1.82) is 0 Å². The topological polar surface area (TPSA) is 26.0 Å². The van der Waals surface area contributed by atoms with Gasteiger partial charge in [0, 0.05) is 22.6 Å². The van der Waals surface area contributed by atoms with Gasteiger partial charge < -0.3 is 5.73 Å². The van der Waals surface area contributed by atoms with E-state index in [0.29, 0.717) is 0 Å². The third-order valence-corrected chi connectivity index (χ3v) is 3.41. The van der Waals surface area contributed by atoms with Gasteiger partial charge in [0.25, 0.3) is 0 Å². The first-order valence-corrected chi connectivity index (χ1v) is 5.42. The molecule has 2 N–H and O–H groups in total. The van der Waals surface area contributed by atoms with Crippen LogP contribution in [0.15, 0.2) is 18.2 Å². The average molecular weight is 200 g/mol. The fraction of sp³-hybridized carbons (Fsp3) is 0.333. The van der Waals surface area contributed by atoms with Crippen molar-refractivity contribution in [2.24, 2.45) is 5.73 Å². The molecule has 12 heavy (non-hydrogen) atoms. The minimum Gasteiger partial charge on any atom is -0.323 e. The lowest BCUT2D eigenvalue weighted by molar-refractivity contribution is 0.809. The summed E-state index contributed by atoms with van der Waals surface area (Å²) in [5.74, 6) is 2.08. The highest BCUT2D eigenvalue weighted by Crippen LogP contribution is 2.31. The SMILES string of the molecule is N[C@H]1CSCc2ccc(Cl)cc21. The van der Waals surface area contributed by atoms with Gasteiger partial charge >= 0.3 is 0 Å². The zero-order valence-corrected chi connectivity index (χ0v) is 8.16. The molecule has 3 heteroatoms. The van der Waals surface area contributed by atoms with Gasteiger partial charge in [0.05, 0.1) is 0 Å². The summed E-state index contributed by atoms with van der Waals surface area (Å²) in [6.07, 6.45) is 0. The van der Waals surface area contributed by atoms with Crippen molar-refractivity contribution in [3.8, 4) is 0 Å². The van der Waals surface area contributed by atoms with Crippen LogP contribution in [-0.2, 0) is 5.75 Å². The van der Waals surface area contributed by atoms with Crippen LogP contribution in [0.4, 0.5) is 0 Å². The summed E-state index contributed by atoms with van der Waals surface area (Å²) in [5.41, 5.74) is 8.50. The molecule has 1 aromatic carbocycles. The van der Waals surface area contributed by atoms with Gasteiger partial charge in [-0.25, -0.2) is 0 Å². The van der Waals surface area contributed by atoms with Gasteiger partial charge in [-0.05, 0) is 23.3 Å². The number of fused-ring (bicyclic) bond motifs is 1. The number of thioether (sulfide) groups is 1. The van der Waals surface area contributed by atoms with Crippen LogP contribution in [0.5, 0.6) is 0 Å². The van der Waals surface area contributed by atoms with Crippen LogP contribution in [0, 0.1) is 0 Å². The quantitative estimate of drug-likeness (QED) is 0.695. The Labute approximate surface area is 81.3 Å². The van der Waals surface area contributed by atoms with Crippen molar-refractivity contribution < 1.29 is 0 Å². The fourth-order valence-electron chi connectivity index (χ4n) is 1.43. The second kappa shape index (κ2) is 3.29. The third kappa shape index (κ3) is 1.47. The Hall–Kier alpha value is -0.180. The van der Waals surface area contributed by atoms with E-state index in [1.807, 2.05) is 23.9 Å². The Morgan fingerprint density at radius 1 is 1.50 bits per heavy atom. The van der Waals surface area contributed by atoms with E-state index in [2.05, 4.69) is 6.07 Å². The number of halogens is 1. The highest BCUT2D eigenvalue weighted by Gasteiger charge is 2.16. The first-order chi connectivity index (χ1) is 5.77. The van der Waals surface area contributed by atoms with E-state index in [9.17, 15) is 0 Å². The van der Waals surface area contributed by atoms with Crippen LogP contribution in [0.2, 0.25) is 5.02 Å². The first kappa shape index (κ1) is 8.42. The molecule has 0 saturated heterocycles. The number of rotatable bonds is 0.